The fraction of sp³-hybridized carbons (Fsp3) is 0.240. The van der Waals surface area contributed by atoms with Crippen LogP contribution in [0.5, 0.6) is 17.4 Å². The topological polar surface area (TPSA) is 110 Å². The second-order valence-corrected chi connectivity index (χ2v) is 9.84. The van der Waals surface area contributed by atoms with Crippen molar-refractivity contribution in [3.8, 4) is 17.4 Å². The highest BCUT2D eigenvalue weighted by Gasteiger charge is 2.34. The van der Waals surface area contributed by atoms with E-state index in [-0.39, 0.29) is 16.7 Å². The summed E-state index contributed by atoms with van der Waals surface area (Å²) in [7, 11) is -2.08. The molecule has 35 heavy (non-hydrogen) atoms. The van der Waals surface area contributed by atoms with Crippen LogP contribution in [0.15, 0.2) is 76.2 Å². The highest BCUT2D eigenvalue weighted by atomic mass is 32.2. The molecule has 0 bridgehead atoms. The molecule has 1 saturated heterocycles. The maximum absolute atomic E-state index is 13.0. The second kappa shape index (κ2) is 9.38. The molecule has 3 heterocycles. The van der Waals surface area contributed by atoms with E-state index in [1.807, 2.05) is 4.90 Å². The third kappa shape index (κ3) is 4.69. The molecular formula is C25H24N4O5S. The van der Waals surface area contributed by atoms with Gasteiger partial charge < -0.3 is 19.7 Å². The molecule has 0 atom stereocenters. The van der Waals surface area contributed by atoms with Crippen molar-refractivity contribution >= 4 is 27.5 Å². The number of ether oxygens (including phenoxy) is 2. The summed E-state index contributed by atoms with van der Waals surface area (Å²) >= 11 is 0. The SMILES string of the molecule is COc1ccc(Oc2ncccc2NC(=O)C2CCN(C3=NS(=O)(=O)c4ccccc43)CC2)cc1. The first-order valence-corrected chi connectivity index (χ1v) is 12.7. The number of sulfonamides is 1. The molecule has 180 valence electrons. The Morgan fingerprint density at radius 3 is 2.46 bits per heavy atom. The second-order valence-electron chi connectivity index (χ2n) is 8.27. The van der Waals surface area contributed by atoms with E-state index in [4.69, 9.17) is 9.47 Å². The lowest BCUT2D eigenvalue weighted by Gasteiger charge is -2.32. The molecule has 2 aliphatic rings. The first-order valence-electron chi connectivity index (χ1n) is 11.2. The van der Waals surface area contributed by atoms with Crippen LogP contribution in [0.4, 0.5) is 5.69 Å². The molecule has 0 spiro atoms. The summed E-state index contributed by atoms with van der Waals surface area (Å²) in [5, 5.41) is 2.94. The molecule has 2 aliphatic heterocycles. The largest absolute Gasteiger partial charge is 0.497 e. The van der Waals surface area contributed by atoms with Crippen molar-refractivity contribution in [3.05, 3.63) is 72.4 Å². The number of pyridine rings is 1. The van der Waals surface area contributed by atoms with Gasteiger partial charge in [0.05, 0.1) is 7.11 Å². The maximum atomic E-state index is 13.0. The van der Waals surface area contributed by atoms with Crippen LogP contribution in [0.3, 0.4) is 0 Å². The van der Waals surface area contributed by atoms with Gasteiger partial charge in [-0.05, 0) is 61.4 Å². The molecule has 1 fully saturated rings. The van der Waals surface area contributed by atoms with E-state index < -0.39 is 10.0 Å². The quantitative estimate of drug-likeness (QED) is 0.578. The number of aromatic nitrogens is 1. The molecule has 10 heteroatoms. The summed E-state index contributed by atoms with van der Waals surface area (Å²) in [5.41, 5.74) is 1.10. The highest BCUT2D eigenvalue weighted by Crippen LogP contribution is 2.31. The molecule has 0 saturated carbocycles. The van der Waals surface area contributed by atoms with Gasteiger partial charge in [0.1, 0.15) is 22.1 Å². The number of benzene rings is 2. The zero-order chi connectivity index (χ0) is 24.4. The monoisotopic (exact) mass is 492 g/mol. The fourth-order valence-corrected chi connectivity index (χ4v) is 5.46. The van der Waals surface area contributed by atoms with Crippen molar-refractivity contribution in [2.75, 3.05) is 25.5 Å². The lowest BCUT2D eigenvalue weighted by molar-refractivity contribution is -0.121. The van der Waals surface area contributed by atoms with Gasteiger partial charge in [-0.2, -0.15) is 8.42 Å². The molecule has 1 amide bonds. The van der Waals surface area contributed by atoms with Crippen LogP contribution in [-0.2, 0) is 14.8 Å². The number of methoxy groups -OCH3 is 1. The van der Waals surface area contributed by atoms with Gasteiger partial charge in [-0.1, -0.05) is 12.1 Å². The van der Waals surface area contributed by atoms with Crippen molar-refractivity contribution < 1.29 is 22.7 Å². The molecule has 0 aliphatic carbocycles. The van der Waals surface area contributed by atoms with Crippen LogP contribution in [-0.4, -0.2) is 50.2 Å². The summed E-state index contributed by atoms with van der Waals surface area (Å²) in [4.78, 5) is 19.5. The van der Waals surface area contributed by atoms with Crippen LogP contribution in [0.2, 0.25) is 0 Å². The van der Waals surface area contributed by atoms with Gasteiger partial charge in [0, 0.05) is 30.8 Å². The third-order valence-electron chi connectivity index (χ3n) is 6.08. The number of rotatable bonds is 5. The van der Waals surface area contributed by atoms with Crippen molar-refractivity contribution in [1.29, 1.82) is 0 Å². The first-order chi connectivity index (χ1) is 16.9. The summed E-state index contributed by atoms with van der Waals surface area (Å²) in [6.45, 7) is 1.06. The first kappa shape index (κ1) is 22.9. The van der Waals surface area contributed by atoms with E-state index in [0.29, 0.717) is 60.4 Å². The van der Waals surface area contributed by atoms with Gasteiger partial charge in [0.2, 0.25) is 11.8 Å². The molecule has 0 unspecified atom stereocenters. The predicted molar refractivity (Wildman–Crippen MR) is 130 cm³/mol. The lowest BCUT2D eigenvalue weighted by atomic mass is 9.95. The minimum absolute atomic E-state index is 0.126. The van der Waals surface area contributed by atoms with Gasteiger partial charge in [-0.25, -0.2) is 4.98 Å². The Kier molecular flexibility index (Phi) is 6.12. The van der Waals surface area contributed by atoms with Crippen LogP contribution in [0.25, 0.3) is 0 Å². The average Bonchev–Trinajstić information content (AvgIpc) is 3.16. The Morgan fingerprint density at radius 2 is 1.71 bits per heavy atom. The van der Waals surface area contributed by atoms with Gasteiger partial charge >= 0.3 is 0 Å². The number of anilines is 1. The standard InChI is InChI=1S/C25H24N4O5S/c1-33-18-8-10-19(11-9-18)34-25-21(6-4-14-26-25)27-24(30)17-12-15-29(16-13-17)23-20-5-2-3-7-22(20)35(31,32)28-23/h2-11,14,17H,12-13,15-16H2,1H3,(H,27,30). The van der Waals surface area contributed by atoms with Crippen molar-refractivity contribution in [3.63, 3.8) is 0 Å². The molecule has 2 aromatic carbocycles. The molecule has 3 aromatic rings. The van der Waals surface area contributed by atoms with E-state index in [9.17, 15) is 13.2 Å². The number of amides is 1. The number of likely N-dealkylation sites (tertiary alicyclic amines) is 1. The molecule has 9 nitrogen and oxygen atoms in total. The summed E-state index contributed by atoms with van der Waals surface area (Å²) in [6.07, 6.45) is 2.74. The summed E-state index contributed by atoms with van der Waals surface area (Å²) in [5.74, 6) is 1.68. The van der Waals surface area contributed by atoms with E-state index >= 15 is 0 Å². The molecule has 0 radical (unpaired) electrons. The maximum Gasteiger partial charge on any atom is 0.285 e. The van der Waals surface area contributed by atoms with E-state index in [0.717, 1.165) is 0 Å². The van der Waals surface area contributed by atoms with Crippen molar-refractivity contribution in [2.24, 2.45) is 10.3 Å². The Hall–Kier alpha value is -3.92. The minimum atomic E-state index is -3.67. The third-order valence-corrected chi connectivity index (χ3v) is 7.41. The van der Waals surface area contributed by atoms with E-state index in [1.54, 1.807) is 74.0 Å². The van der Waals surface area contributed by atoms with Crippen LogP contribution in [0, 0.1) is 5.92 Å². The number of fused-ring (bicyclic) bond motifs is 1. The van der Waals surface area contributed by atoms with Crippen molar-refractivity contribution in [2.45, 2.75) is 17.7 Å². The fourth-order valence-electron chi connectivity index (χ4n) is 4.23. The van der Waals surface area contributed by atoms with Gasteiger partial charge in [0.15, 0.2) is 5.84 Å². The zero-order valence-electron chi connectivity index (χ0n) is 19.0. The molecule has 1 N–H and O–H groups in total. The Balaban J connectivity index is 1.23. The number of hydrogen-bond acceptors (Lipinski definition) is 7. The van der Waals surface area contributed by atoms with Gasteiger partial charge in [-0.3, -0.25) is 4.79 Å². The zero-order valence-corrected chi connectivity index (χ0v) is 19.9. The smallest absolute Gasteiger partial charge is 0.285 e. The summed E-state index contributed by atoms with van der Waals surface area (Å²) < 4.78 is 39.8. The number of nitrogens with zero attached hydrogens (tertiary/aromatic N) is 3. The average molecular weight is 493 g/mol. The number of carbonyl (C=O) groups is 1. The Labute approximate surface area is 203 Å². The normalized spacial score (nSPS) is 16.8. The van der Waals surface area contributed by atoms with Gasteiger partial charge in [0.25, 0.3) is 10.0 Å². The number of amidine groups is 1. The number of piperidine rings is 1. The molecule has 5 rings (SSSR count). The number of nitrogens with one attached hydrogen (secondary N) is 1. The van der Waals surface area contributed by atoms with Crippen LogP contribution >= 0.6 is 0 Å². The lowest BCUT2D eigenvalue weighted by Crippen LogP contribution is -2.41. The predicted octanol–water partition coefficient (Wildman–Crippen LogP) is 3.68. The summed E-state index contributed by atoms with van der Waals surface area (Å²) in [6, 6.07) is 17.4. The van der Waals surface area contributed by atoms with Crippen LogP contribution in [0.1, 0.15) is 18.4 Å². The number of hydrogen-bond donors (Lipinski definition) is 1. The Morgan fingerprint density at radius 1 is 1.00 bits per heavy atom. The van der Waals surface area contributed by atoms with E-state index in [2.05, 4.69) is 14.7 Å². The van der Waals surface area contributed by atoms with Gasteiger partial charge in [-0.15, -0.1) is 4.40 Å². The molecular weight excluding hydrogens is 468 g/mol. The Bertz CT molecular complexity index is 1380. The van der Waals surface area contributed by atoms with Crippen molar-refractivity contribution in [1.82, 2.24) is 9.88 Å². The van der Waals surface area contributed by atoms with E-state index in [1.165, 1.54) is 0 Å². The minimum Gasteiger partial charge on any atom is -0.497 e. The number of carbonyl (C=O) groups excluding carboxylic acids is 1. The highest BCUT2D eigenvalue weighted by molar-refractivity contribution is 7.90. The molecule has 1 aromatic heterocycles. The van der Waals surface area contributed by atoms with Crippen LogP contribution < -0.4 is 14.8 Å².